The molecule has 5 aromatic rings. The van der Waals surface area contributed by atoms with Crippen molar-refractivity contribution in [2.45, 2.75) is 20.1 Å². The number of H-pyrrole nitrogens is 1. The molecular weight excluding hydrogens is 473 g/mol. The van der Waals surface area contributed by atoms with Gasteiger partial charge in [-0.25, -0.2) is 14.2 Å². The van der Waals surface area contributed by atoms with Gasteiger partial charge in [0.15, 0.2) is 0 Å². The molecule has 0 aliphatic rings. The number of anilines is 1. The average molecular weight is 493 g/mol. The molecule has 0 fully saturated rings. The summed E-state index contributed by atoms with van der Waals surface area (Å²) < 4.78 is 16.2. The first-order valence-corrected chi connectivity index (χ1v) is 11.0. The van der Waals surface area contributed by atoms with Gasteiger partial charge < -0.3 is 5.11 Å². The molecular formula is C24H20ClFN7O2+. The van der Waals surface area contributed by atoms with E-state index in [0.717, 1.165) is 0 Å². The van der Waals surface area contributed by atoms with E-state index in [9.17, 15) is 14.3 Å². The number of nitrogens with two attached hydrogens (primary N) is 1. The van der Waals surface area contributed by atoms with Gasteiger partial charge in [-0.15, -0.1) is 9.50 Å². The van der Waals surface area contributed by atoms with Gasteiger partial charge in [-0.05, 0) is 61.0 Å². The molecule has 0 radical (unpaired) electrons. The van der Waals surface area contributed by atoms with Crippen molar-refractivity contribution in [1.29, 1.82) is 0 Å². The second-order valence-electron chi connectivity index (χ2n) is 7.98. The SMILES string of the molecule is Cc1cc(-c2c(-c3ccc(F)cc3)[nH+]c(N)n3c(=O)n(Cc4ccc(Cl)cn4)nc23)cc(CO)n1. The van der Waals surface area contributed by atoms with E-state index in [1.54, 1.807) is 37.3 Å². The van der Waals surface area contributed by atoms with Crippen LogP contribution in [0.2, 0.25) is 5.02 Å². The summed E-state index contributed by atoms with van der Waals surface area (Å²) in [5.74, 6) is -0.334. The van der Waals surface area contributed by atoms with E-state index >= 15 is 0 Å². The molecule has 5 rings (SSSR count). The molecule has 1 aromatic carbocycles. The Morgan fingerprint density at radius 3 is 2.57 bits per heavy atom. The second-order valence-corrected chi connectivity index (χ2v) is 8.42. The van der Waals surface area contributed by atoms with E-state index in [1.165, 1.54) is 27.4 Å². The predicted molar refractivity (Wildman–Crippen MR) is 128 cm³/mol. The quantitative estimate of drug-likeness (QED) is 0.388. The first-order valence-electron chi connectivity index (χ1n) is 10.6. The van der Waals surface area contributed by atoms with E-state index in [4.69, 9.17) is 17.3 Å². The number of hydrogen-bond donors (Lipinski definition) is 2. The van der Waals surface area contributed by atoms with Gasteiger partial charge in [-0.3, -0.25) is 15.7 Å². The van der Waals surface area contributed by atoms with Crippen LogP contribution in [-0.2, 0) is 13.2 Å². The number of aryl methyl sites for hydroxylation is 1. The summed E-state index contributed by atoms with van der Waals surface area (Å²) in [6.07, 6.45) is 1.49. The van der Waals surface area contributed by atoms with Crippen molar-refractivity contribution in [3.8, 4) is 22.4 Å². The third kappa shape index (κ3) is 4.25. The highest BCUT2D eigenvalue weighted by Gasteiger charge is 2.26. The largest absolute Gasteiger partial charge is 0.411 e. The number of rotatable bonds is 5. The normalized spacial score (nSPS) is 11.3. The minimum Gasteiger partial charge on any atom is -0.390 e. The lowest BCUT2D eigenvalue weighted by Gasteiger charge is -2.11. The third-order valence-electron chi connectivity index (χ3n) is 5.50. The first kappa shape index (κ1) is 22.6. The summed E-state index contributed by atoms with van der Waals surface area (Å²) in [7, 11) is 0. The summed E-state index contributed by atoms with van der Waals surface area (Å²) in [4.78, 5) is 25.0. The van der Waals surface area contributed by atoms with Crippen LogP contribution in [0, 0.1) is 12.7 Å². The molecule has 176 valence electrons. The molecule has 35 heavy (non-hydrogen) atoms. The zero-order chi connectivity index (χ0) is 24.7. The number of nitrogen functional groups attached to an aromatic ring is 1. The van der Waals surface area contributed by atoms with Crippen LogP contribution in [0.1, 0.15) is 17.1 Å². The van der Waals surface area contributed by atoms with Crippen LogP contribution in [0.3, 0.4) is 0 Å². The highest BCUT2D eigenvalue weighted by Crippen LogP contribution is 2.33. The summed E-state index contributed by atoms with van der Waals surface area (Å²) >= 11 is 5.92. The fourth-order valence-corrected chi connectivity index (χ4v) is 4.08. The van der Waals surface area contributed by atoms with Gasteiger partial charge in [-0.2, -0.15) is 4.68 Å². The number of hydrogen-bond acceptors (Lipinski definition) is 6. The third-order valence-corrected chi connectivity index (χ3v) is 5.72. The molecule has 0 aliphatic heterocycles. The number of halogens is 2. The predicted octanol–water partition coefficient (Wildman–Crippen LogP) is 2.66. The number of fused-ring (bicyclic) bond motifs is 1. The van der Waals surface area contributed by atoms with Gasteiger partial charge in [-0.1, -0.05) is 11.6 Å². The molecule has 4 N–H and O–H groups in total. The lowest BCUT2D eigenvalue weighted by Crippen LogP contribution is -2.28. The van der Waals surface area contributed by atoms with Crippen LogP contribution in [-0.4, -0.2) is 29.3 Å². The van der Waals surface area contributed by atoms with Crippen molar-refractivity contribution in [3.05, 3.63) is 93.1 Å². The Morgan fingerprint density at radius 2 is 1.89 bits per heavy atom. The molecule has 11 heteroatoms. The Labute approximate surface area is 203 Å². The zero-order valence-electron chi connectivity index (χ0n) is 18.5. The second kappa shape index (κ2) is 8.90. The summed E-state index contributed by atoms with van der Waals surface area (Å²) in [5, 5.41) is 14.8. The van der Waals surface area contributed by atoms with Gasteiger partial charge in [0.1, 0.15) is 11.5 Å². The maximum Gasteiger partial charge on any atom is 0.411 e. The summed E-state index contributed by atoms with van der Waals surface area (Å²) in [5.41, 5.74) is 10.2. The highest BCUT2D eigenvalue weighted by atomic mass is 35.5. The van der Waals surface area contributed by atoms with E-state index in [2.05, 4.69) is 20.1 Å². The standard InChI is InChI=1S/C24H19ClFN7O2/c1-13-8-15(9-19(12-34)29-13)20-21(14-2-5-17(26)6-3-14)30-23(27)33-22(20)31-32(24(33)35)11-18-7-4-16(25)10-28-18/h2-10,34H,11-12H2,1H3,(H2,27,30)/p+1. The molecule has 4 heterocycles. The number of nitrogens with one attached hydrogen (secondary N) is 1. The monoisotopic (exact) mass is 492 g/mol. The number of nitrogens with zero attached hydrogens (tertiary/aromatic N) is 5. The molecule has 0 atom stereocenters. The Morgan fingerprint density at radius 1 is 1.11 bits per heavy atom. The van der Waals surface area contributed by atoms with Crippen LogP contribution in [0.15, 0.2) is 59.5 Å². The molecule has 0 saturated heterocycles. The van der Waals surface area contributed by atoms with Crippen LogP contribution < -0.4 is 16.4 Å². The summed E-state index contributed by atoms with van der Waals surface area (Å²) in [6, 6.07) is 12.8. The number of pyridine rings is 2. The Balaban J connectivity index is 1.81. The van der Waals surface area contributed by atoms with Crippen LogP contribution in [0.25, 0.3) is 28.0 Å². The average Bonchev–Trinajstić information content (AvgIpc) is 3.16. The fourth-order valence-electron chi connectivity index (χ4n) is 3.97. The van der Waals surface area contributed by atoms with E-state index in [-0.39, 0.29) is 30.6 Å². The lowest BCUT2D eigenvalue weighted by molar-refractivity contribution is -0.351. The zero-order valence-corrected chi connectivity index (χ0v) is 19.3. The van der Waals surface area contributed by atoms with Gasteiger partial charge in [0.05, 0.1) is 35.1 Å². The molecule has 9 nitrogen and oxygen atoms in total. The molecule has 0 amide bonds. The van der Waals surface area contributed by atoms with Crippen LogP contribution in [0.4, 0.5) is 10.3 Å². The lowest BCUT2D eigenvalue weighted by atomic mass is 9.99. The van der Waals surface area contributed by atoms with Gasteiger partial charge in [0.2, 0.25) is 5.65 Å². The van der Waals surface area contributed by atoms with Crippen molar-refractivity contribution in [1.82, 2.24) is 24.1 Å². The van der Waals surface area contributed by atoms with Crippen molar-refractivity contribution >= 4 is 23.2 Å². The van der Waals surface area contributed by atoms with Crippen molar-refractivity contribution in [2.75, 3.05) is 5.73 Å². The Bertz CT molecular complexity index is 1610. The Kier molecular flexibility index (Phi) is 5.75. The number of aromatic nitrogens is 6. The number of benzene rings is 1. The fraction of sp³-hybridized carbons (Fsp3) is 0.125. The molecule has 0 bridgehead atoms. The van der Waals surface area contributed by atoms with Crippen LogP contribution >= 0.6 is 11.6 Å². The van der Waals surface area contributed by atoms with E-state index in [0.29, 0.717) is 44.5 Å². The van der Waals surface area contributed by atoms with Gasteiger partial charge in [0, 0.05) is 17.5 Å². The number of aliphatic hydroxyl groups is 1. The molecule has 4 aromatic heterocycles. The molecule has 0 spiro atoms. The summed E-state index contributed by atoms with van der Waals surface area (Å²) in [6.45, 7) is 1.63. The topological polar surface area (TPSA) is 125 Å². The van der Waals surface area contributed by atoms with Gasteiger partial charge >= 0.3 is 11.6 Å². The van der Waals surface area contributed by atoms with Crippen molar-refractivity contribution < 1.29 is 14.5 Å². The van der Waals surface area contributed by atoms with Crippen molar-refractivity contribution in [3.63, 3.8) is 0 Å². The molecule has 0 saturated carbocycles. The maximum absolute atomic E-state index is 13.7. The molecule has 0 aliphatic carbocycles. The smallest absolute Gasteiger partial charge is 0.390 e. The minimum absolute atomic E-state index is 0.0524. The first-order chi connectivity index (χ1) is 16.8. The van der Waals surface area contributed by atoms with E-state index in [1.807, 2.05) is 6.07 Å². The number of aliphatic hydroxyl groups excluding tert-OH is 1. The maximum atomic E-state index is 13.7. The highest BCUT2D eigenvalue weighted by molar-refractivity contribution is 6.30. The van der Waals surface area contributed by atoms with E-state index < -0.39 is 5.69 Å². The number of aromatic amines is 1. The minimum atomic E-state index is -0.467. The Hall–Kier alpha value is -4.15. The van der Waals surface area contributed by atoms with Crippen LogP contribution in [0.5, 0.6) is 0 Å². The van der Waals surface area contributed by atoms with Gasteiger partial charge in [0.25, 0.3) is 0 Å². The molecule has 0 unspecified atom stereocenters. The van der Waals surface area contributed by atoms with Crippen molar-refractivity contribution in [2.24, 2.45) is 0 Å².